The highest BCUT2D eigenvalue weighted by Crippen LogP contribution is 2.34. The molecule has 0 aliphatic carbocycles. The minimum atomic E-state index is -4.35. The SMILES string of the molecule is CC1CCCN(CC(N)c2ccccc2C(F)(F)F)C1C. The Morgan fingerprint density at radius 3 is 2.62 bits per heavy atom. The molecule has 1 aliphatic heterocycles. The van der Waals surface area contributed by atoms with E-state index in [1.165, 1.54) is 18.6 Å². The Labute approximate surface area is 124 Å². The third-order valence-electron chi connectivity index (χ3n) is 4.60. The highest BCUT2D eigenvalue weighted by atomic mass is 19.4. The molecule has 1 saturated heterocycles. The number of hydrogen-bond donors (Lipinski definition) is 1. The second kappa shape index (κ2) is 6.36. The fourth-order valence-electron chi connectivity index (χ4n) is 3.11. The third-order valence-corrected chi connectivity index (χ3v) is 4.60. The molecule has 5 heteroatoms. The number of rotatable bonds is 3. The van der Waals surface area contributed by atoms with Crippen molar-refractivity contribution in [3.8, 4) is 0 Å². The summed E-state index contributed by atoms with van der Waals surface area (Å²) >= 11 is 0. The van der Waals surface area contributed by atoms with Gasteiger partial charge in [0.1, 0.15) is 0 Å². The lowest BCUT2D eigenvalue weighted by Gasteiger charge is -2.39. The van der Waals surface area contributed by atoms with E-state index in [4.69, 9.17) is 5.73 Å². The van der Waals surface area contributed by atoms with Gasteiger partial charge in [-0.2, -0.15) is 13.2 Å². The average Bonchev–Trinajstić information content (AvgIpc) is 2.43. The van der Waals surface area contributed by atoms with Crippen LogP contribution < -0.4 is 5.73 Å². The number of piperidine rings is 1. The third kappa shape index (κ3) is 3.77. The molecule has 0 radical (unpaired) electrons. The smallest absolute Gasteiger partial charge is 0.323 e. The van der Waals surface area contributed by atoms with Crippen LogP contribution in [0.4, 0.5) is 13.2 Å². The summed E-state index contributed by atoms with van der Waals surface area (Å²) in [4.78, 5) is 2.21. The van der Waals surface area contributed by atoms with Gasteiger partial charge in [0.15, 0.2) is 0 Å². The predicted octanol–water partition coefficient (Wildman–Crippen LogP) is 3.83. The molecular weight excluding hydrogens is 277 g/mol. The Hall–Kier alpha value is -1.07. The molecular formula is C16H23F3N2. The van der Waals surface area contributed by atoms with E-state index in [9.17, 15) is 13.2 Å². The van der Waals surface area contributed by atoms with Gasteiger partial charge in [-0.3, -0.25) is 4.90 Å². The first-order chi connectivity index (χ1) is 9.80. The molecule has 118 valence electrons. The van der Waals surface area contributed by atoms with Crippen LogP contribution in [0.5, 0.6) is 0 Å². The van der Waals surface area contributed by atoms with Crippen molar-refractivity contribution in [3.63, 3.8) is 0 Å². The zero-order valence-corrected chi connectivity index (χ0v) is 12.5. The van der Waals surface area contributed by atoms with E-state index in [2.05, 4.69) is 18.7 Å². The summed E-state index contributed by atoms with van der Waals surface area (Å²) in [5.41, 5.74) is 5.66. The number of likely N-dealkylation sites (tertiary alicyclic amines) is 1. The molecule has 3 unspecified atom stereocenters. The second-order valence-electron chi connectivity index (χ2n) is 6.05. The highest BCUT2D eigenvalue weighted by molar-refractivity contribution is 5.32. The molecule has 1 aromatic carbocycles. The Bertz CT molecular complexity index is 473. The van der Waals surface area contributed by atoms with Crippen molar-refractivity contribution < 1.29 is 13.2 Å². The maximum Gasteiger partial charge on any atom is 0.416 e. The van der Waals surface area contributed by atoms with E-state index < -0.39 is 17.8 Å². The lowest BCUT2D eigenvalue weighted by atomic mass is 9.91. The van der Waals surface area contributed by atoms with Gasteiger partial charge in [-0.1, -0.05) is 25.1 Å². The second-order valence-corrected chi connectivity index (χ2v) is 6.05. The number of benzene rings is 1. The van der Waals surface area contributed by atoms with Crippen molar-refractivity contribution in [2.45, 2.75) is 44.9 Å². The largest absolute Gasteiger partial charge is 0.416 e. The van der Waals surface area contributed by atoms with Gasteiger partial charge in [0.2, 0.25) is 0 Å². The minimum Gasteiger partial charge on any atom is -0.323 e. The summed E-state index contributed by atoms with van der Waals surface area (Å²) in [6.45, 7) is 5.70. The monoisotopic (exact) mass is 300 g/mol. The molecule has 0 amide bonds. The molecule has 0 aromatic heterocycles. The van der Waals surface area contributed by atoms with Gasteiger partial charge < -0.3 is 5.73 Å². The molecule has 1 aromatic rings. The van der Waals surface area contributed by atoms with Crippen molar-refractivity contribution >= 4 is 0 Å². The molecule has 3 atom stereocenters. The van der Waals surface area contributed by atoms with Gasteiger partial charge in [-0.15, -0.1) is 0 Å². The van der Waals surface area contributed by atoms with Gasteiger partial charge in [0.25, 0.3) is 0 Å². The zero-order chi connectivity index (χ0) is 15.6. The molecule has 0 bridgehead atoms. The summed E-state index contributed by atoms with van der Waals surface area (Å²) in [6.07, 6.45) is -2.10. The van der Waals surface area contributed by atoms with Crippen molar-refractivity contribution in [2.75, 3.05) is 13.1 Å². The Morgan fingerprint density at radius 1 is 1.29 bits per heavy atom. The summed E-state index contributed by atoms with van der Waals surface area (Å²) in [5, 5.41) is 0. The van der Waals surface area contributed by atoms with Crippen LogP contribution >= 0.6 is 0 Å². The van der Waals surface area contributed by atoms with E-state index in [-0.39, 0.29) is 5.56 Å². The van der Waals surface area contributed by atoms with Crippen LogP contribution in [-0.2, 0) is 6.18 Å². The van der Waals surface area contributed by atoms with Crippen LogP contribution in [-0.4, -0.2) is 24.0 Å². The molecule has 0 spiro atoms. The van der Waals surface area contributed by atoms with Crippen LogP contribution in [0.15, 0.2) is 24.3 Å². The van der Waals surface area contributed by atoms with Crippen LogP contribution in [0.3, 0.4) is 0 Å². The van der Waals surface area contributed by atoms with Crippen LogP contribution in [0.2, 0.25) is 0 Å². The van der Waals surface area contributed by atoms with Gasteiger partial charge in [0, 0.05) is 18.6 Å². The van der Waals surface area contributed by atoms with Crippen LogP contribution in [0.1, 0.15) is 43.9 Å². The number of nitrogens with two attached hydrogens (primary N) is 1. The maximum absolute atomic E-state index is 13.1. The summed E-state index contributed by atoms with van der Waals surface area (Å²) < 4.78 is 39.2. The van der Waals surface area contributed by atoms with E-state index in [1.54, 1.807) is 6.07 Å². The molecule has 21 heavy (non-hydrogen) atoms. The highest BCUT2D eigenvalue weighted by Gasteiger charge is 2.35. The first kappa shape index (κ1) is 16.3. The number of halogens is 3. The number of alkyl halides is 3. The average molecular weight is 300 g/mol. The fraction of sp³-hybridized carbons (Fsp3) is 0.625. The van der Waals surface area contributed by atoms with Crippen molar-refractivity contribution in [1.82, 2.24) is 4.90 Å². The molecule has 1 aliphatic rings. The maximum atomic E-state index is 13.1. The normalized spacial score (nSPS) is 25.8. The number of nitrogens with zero attached hydrogens (tertiary/aromatic N) is 1. The molecule has 2 rings (SSSR count). The van der Waals surface area contributed by atoms with Gasteiger partial charge >= 0.3 is 6.18 Å². The molecule has 1 fully saturated rings. The quantitative estimate of drug-likeness (QED) is 0.919. The molecule has 2 nitrogen and oxygen atoms in total. The Balaban J connectivity index is 2.15. The Morgan fingerprint density at radius 2 is 1.95 bits per heavy atom. The lowest BCUT2D eigenvalue weighted by Crippen LogP contribution is -2.45. The molecule has 2 N–H and O–H groups in total. The van der Waals surface area contributed by atoms with Crippen LogP contribution in [0, 0.1) is 5.92 Å². The van der Waals surface area contributed by atoms with Gasteiger partial charge in [0.05, 0.1) is 5.56 Å². The Kier molecular flexibility index (Phi) is 4.94. The molecule has 1 heterocycles. The van der Waals surface area contributed by atoms with Crippen molar-refractivity contribution in [1.29, 1.82) is 0 Å². The van der Waals surface area contributed by atoms with E-state index in [1.807, 2.05) is 0 Å². The fourth-order valence-corrected chi connectivity index (χ4v) is 3.11. The minimum absolute atomic E-state index is 0.190. The predicted molar refractivity (Wildman–Crippen MR) is 77.8 cm³/mol. The molecule has 0 saturated carbocycles. The summed E-state index contributed by atoms with van der Waals surface area (Å²) in [5.74, 6) is 0.559. The standard InChI is InChI=1S/C16H23F3N2/c1-11-6-5-9-21(12(11)2)10-15(20)13-7-3-4-8-14(13)16(17,18)19/h3-4,7-8,11-12,15H,5-6,9-10,20H2,1-2H3. The topological polar surface area (TPSA) is 29.3 Å². The van der Waals surface area contributed by atoms with E-state index in [0.717, 1.165) is 19.0 Å². The van der Waals surface area contributed by atoms with Gasteiger partial charge in [-0.05, 0) is 43.9 Å². The first-order valence-electron chi connectivity index (χ1n) is 7.46. The van der Waals surface area contributed by atoms with Crippen molar-refractivity contribution in [3.05, 3.63) is 35.4 Å². The summed E-state index contributed by atoms with van der Waals surface area (Å²) in [6, 6.07) is 5.37. The lowest BCUT2D eigenvalue weighted by molar-refractivity contribution is -0.138. The van der Waals surface area contributed by atoms with E-state index >= 15 is 0 Å². The van der Waals surface area contributed by atoms with Crippen LogP contribution in [0.25, 0.3) is 0 Å². The van der Waals surface area contributed by atoms with Crippen molar-refractivity contribution in [2.24, 2.45) is 11.7 Å². The summed E-state index contributed by atoms with van der Waals surface area (Å²) in [7, 11) is 0. The number of hydrogen-bond acceptors (Lipinski definition) is 2. The zero-order valence-electron chi connectivity index (χ0n) is 12.5. The van der Waals surface area contributed by atoms with Gasteiger partial charge in [-0.25, -0.2) is 0 Å². The van der Waals surface area contributed by atoms with E-state index in [0.29, 0.717) is 18.5 Å². The first-order valence-corrected chi connectivity index (χ1v) is 7.46.